The van der Waals surface area contributed by atoms with Crippen molar-refractivity contribution in [2.75, 3.05) is 19.8 Å². The molecule has 0 aromatic heterocycles. The second-order valence-electron chi connectivity index (χ2n) is 9.76. The van der Waals surface area contributed by atoms with Crippen LogP contribution in [0.2, 0.25) is 0 Å². The first-order valence-electron chi connectivity index (χ1n) is 15.8. The van der Waals surface area contributed by atoms with Crippen LogP contribution in [0.1, 0.15) is 78.6 Å². The van der Waals surface area contributed by atoms with E-state index in [1.807, 2.05) is 127 Å². The predicted octanol–water partition coefficient (Wildman–Crippen LogP) is 10.6. The van der Waals surface area contributed by atoms with Crippen LogP contribution < -0.4 is 14.2 Å². The lowest BCUT2D eigenvalue weighted by atomic mass is 10.2. The van der Waals surface area contributed by atoms with E-state index >= 15 is 0 Å². The number of hydrogen-bond acceptors (Lipinski definition) is 3. The normalized spacial score (nSPS) is 9.28. The summed E-state index contributed by atoms with van der Waals surface area (Å²) >= 11 is 0. The quantitative estimate of drug-likeness (QED) is 0.130. The summed E-state index contributed by atoms with van der Waals surface area (Å²) in [6.45, 7) is 9.11. The molecule has 4 nitrogen and oxygen atoms in total. The number of unbranched alkanes of at least 4 members (excludes halogenated alkanes) is 6. The van der Waals surface area contributed by atoms with Gasteiger partial charge in [0.2, 0.25) is 0 Å². The molecular formula is C39H56O4. The van der Waals surface area contributed by atoms with Gasteiger partial charge in [-0.2, -0.15) is 0 Å². The van der Waals surface area contributed by atoms with Crippen molar-refractivity contribution in [3.05, 3.63) is 127 Å². The van der Waals surface area contributed by atoms with E-state index in [-0.39, 0.29) is 5.48 Å². The van der Waals surface area contributed by atoms with Gasteiger partial charge in [0.15, 0.2) is 0 Å². The average Bonchev–Trinajstić information content (AvgIpc) is 3.06. The van der Waals surface area contributed by atoms with Crippen molar-refractivity contribution in [3.8, 4) is 17.2 Å². The van der Waals surface area contributed by atoms with Crippen LogP contribution in [0.25, 0.3) is 0 Å². The molecule has 0 radical (unpaired) electrons. The molecule has 0 saturated carbocycles. The van der Waals surface area contributed by atoms with Crippen molar-refractivity contribution in [2.24, 2.45) is 0 Å². The Morgan fingerprint density at radius 2 is 0.581 bits per heavy atom. The molecule has 0 heterocycles. The van der Waals surface area contributed by atoms with Gasteiger partial charge in [0, 0.05) is 0 Å². The van der Waals surface area contributed by atoms with Gasteiger partial charge in [0.1, 0.15) is 17.2 Å². The third-order valence-electron chi connectivity index (χ3n) is 5.95. The van der Waals surface area contributed by atoms with Crippen LogP contribution in [0.15, 0.2) is 127 Å². The summed E-state index contributed by atoms with van der Waals surface area (Å²) in [6, 6.07) is 41.9. The predicted molar refractivity (Wildman–Crippen MR) is 184 cm³/mol. The highest BCUT2D eigenvalue weighted by Crippen LogP contribution is 2.10. The molecule has 2 N–H and O–H groups in total. The minimum absolute atomic E-state index is 0. The lowest BCUT2D eigenvalue weighted by Gasteiger charge is -2.04. The highest BCUT2D eigenvalue weighted by molar-refractivity contribution is 5.22. The van der Waals surface area contributed by atoms with Gasteiger partial charge >= 0.3 is 0 Å². The number of ether oxygens (including phenoxy) is 3. The molecule has 236 valence electrons. The van der Waals surface area contributed by atoms with Gasteiger partial charge in [-0.3, -0.25) is 0 Å². The summed E-state index contributed by atoms with van der Waals surface area (Å²) in [5.74, 6) is 2.94. The lowest BCUT2D eigenvalue weighted by molar-refractivity contribution is 0.305. The molecule has 0 aliphatic rings. The van der Waals surface area contributed by atoms with E-state index in [0.717, 1.165) is 49.9 Å². The van der Waals surface area contributed by atoms with Gasteiger partial charge < -0.3 is 19.7 Å². The molecular weight excluding hydrogens is 532 g/mol. The van der Waals surface area contributed by atoms with Gasteiger partial charge in [-0.05, 0) is 55.7 Å². The van der Waals surface area contributed by atoms with Crippen molar-refractivity contribution in [1.82, 2.24) is 0 Å². The van der Waals surface area contributed by atoms with Crippen LogP contribution in [0.3, 0.4) is 0 Å². The van der Waals surface area contributed by atoms with Crippen molar-refractivity contribution in [2.45, 2.75) is 78.6 Å². The molecule has 0 aliphatic heterocycles. The number of rotatable bonds is 15. The zero-order chi connectivity index (χ0) is 30.2. The van der Waals surface area contributed by atoms with Crippen molar-refractivity contribution >= 4 is 0 Å². The summed E-state index contributed by atoms with van der Waals surface area (Å²) in [7, 11) is 0. The molecule has 43 heavy (non-hydrogen) atoms. The van der Waals surface area contributed by atoms with Crippen molar-refractivity contribution in [1.29, 1.82) is 0 Å². The van der Waals surface area contributed by atoms with Gasteiger partial charge in [-0.1, -0.05) is 150 Å². The van der Waals surface area contributed by atoms with Crippen molar-refractivity contribution < 1.29 is 19.7 Å². The van der Waals surface area contributed by atoms with Gasteiger partial charge in [-0.25, -0.2) is 0 Å². The largest absolute Gasteiger partial charge is 0.494 e. The van der Waals surface area contributed by atoms with E-state index in [0.29, 0.717) is 0 Å². The molecule has 0 unspecified atom stereocenters. The summed E-state index contributed by atoms with van der Waals surface area (Å²) in [5.41, 5.74) is 0. The Labute approximate surface area is 262 Å². The van der Waals surface area contributed by atoms with E-state index in [1.54, 1.807) is 0 Å². The lowest BCUT2D eigenvalue weighted by Crippen LogP contribution is -1.96. The molecule has 0 amide bonds. The zero-order valence-corrected chi connectivity index (χ0v) is 26.8. The Hall–Kier alpha value is -3.76. The molecule has 4 aromatic rings. The SMILES string of the molecule is CCCCCCOc1ccccc1.CCCCCOc1ccccc1.CCCCOc1ccccc1.O.c1ccccc1. The molecule has 0 atom stereocenters. The molecule has 0 bridgehead atoms. The molecule has 0 aliphatic carbocycles. The maximum absolute atomic E-state index is 5.55. The van der Waals surface area contributed by atoms with Gasteiger partial charge in [-0.15, -0.1) is 0 Å². The fourth-order valence-corrected chi connectivity index (χ4v) is 3.53. The molecule has 0 spiro atoms. The Balaban J connectivity index is 0.000000557. The maximum Gasteiger partial charge on any atom is 0.119 e. The molecule has 4 aromatic carbocycles. The number of hydrogen-bond donors (Lipinski definition) is 0. The Bertz CT molecular complexity index is 1000. The van der Waals surface area contributed by atoms with E-state index in [4.69, 9.17) is 14.2 Å². The molecule has 0 saturated heterocycles. The highest BCUT2D eigenvalue weighted by atomic mass is 16.5. The summed E-state index contributed by atoms with van der Waals surface area (Å²) in [6.07, 6.45) is 11.0. The van der Waals surface area contributed by atoms with E-state index in [2.05, 4.69) is 20.8 Å². The first-order valence-corrected chi connectivity index (χ1v) is 15.8. The van der Waals surface area contributed by atoms with Crippen molar-refractivity contribution in [3.63, 3.8) is 0 Å². The average molecular weight is 589 g/mol. The van der Waals surface area contributed by atoms with E-state index in [1.165, 1.54) is 44.9 Å². The summed E-state index contributed by atoms with van der Waals surface area (Å²) in [4.78, 5) is 0. The van der Waals surface area contributed by atoms with Crippen LogP contribution in [0.4, 0.5) is 0 Å². The topological polar surface area (TPSA) is 59.2 Å². The maximum atomic E-state index is 5.55. The fraction of sp³-hybridized carbons (Fsp3) is 0.385. The Kier molecular flexibility index (Phi) is 28.5. The van der Waals surface area contributed by atoms with E-state index in [9.17, 15) is 0 Å². The van der Waals surface area contributed by atoms with Gasteiger partial charge in [0.25, 0.3) is 0 Å². The Morgan fingerprint density at radius 3 is 0.907 bits per heavy atom. The monoisotopic (exact) mass is 588 g/mol. The van der Waals surface area contributed by atoms with Crippen LogP contribution >= 0.6 is 0 Å². The molecule has 4 rings (SSSR count). The van der Waals surface area contributed by atoms with Crippen LogP contribution in [-0.4, -0.2) is 25.3 Å². The second-order valence-corrected chi connectivity index (χ2v) is 9.76. The van der Waals surface area contributed by atoms with Crippen LogP contribution in [-0.2, 0) is 0 Å². The Morgan fingerprint density at radius 1 is 0.326 bits per heavy atom. The van der Waals surface area contributed by atoms with Crippen LogP contribution in [0.5, 0.6) is 17.2 Å². The highest BCUT2D eigenvalue weighted by Gasteiger charge is 1.92. The third-order valence-corrected chi connectivity index (χ3v) is 5.95. The molecule has 4 heteroatoms. The zero-order valence-electron chi connectivity index (χ0n) is 26.8. The molecule has 0 fully saturated rings. The number of benzene rings is 4. The standard InChI is InChI=1S/C12H18O.C11H16O.C10H14O.C6H6.H2O/c1-2-3-4-8-11-13-12-9-6-5-7-10-12;1-2-3-7-10-12-11-8-5-4-6-9-11;1-2-3-9-11-10-7-5-4-6-8-10;1-2-4-6-5-3-1;/h5-7,9-10H,2-4,8,11H2,1H3;4-6,8-9H,2-3,7,10H2,1H3;4-8H,2-3,9H2,1H3;1-6H;1H2. The summed E-state index contributed by atoms with van der Waals surface area (Å²) in [5, 5.41) is 0. The minimum Gasteiger partial charge on any atom is -0.494 e. The fourth-order valence-electron chi connectivity index (χ4n) is 3.53. The second kappa shape index (κ2) is 31.2. The first-order chi connectivity index (χ1) is 20.8. The third kappa shape index (κ3) is 25.7. The van der Waals surface area contributed by atoms with Crippen LogP contribution in [0, 0.1) is 0 Å². The number of para-hydroxylation sites is 3. The smallest absolute Gasteiger partial charge is 0.119 e. The van der Waals surface area contributed by atoms with E-state index < -0.39 is 0 Å². The first kappa shape index (κ1) is 39.2. The summed E-state index contributed by atoms with van der Waals surface area (Å²) < 4.78 is 16.5. The minimum atomic E-state index is 0. The van der Waals surface area contributed by atoms with Gasteiger partial charge in [0.05, 0.1) is 19.8 Å².